The number of benzene rings is 1. The van der Waals surface area contributed by atoms with Crippen LogP contribution >= 0.6 is 0 Å². The first-order valence-corrected chi connectivity index (χ1v) is 8.55. The Bertz CT molecular complexity index is 422. The first-order valence-electron chi connectivity index (χ1n) is 5.14. The first-order chi connectivity index (χ1) is 7.27. The summed E-state index contributed by atoms with van der Waals surface area (Å²) >= 11 is 0. The molecule has 1 rings (SSSR count). The molecule has 1 atom stereocenters. The van der Waals surface area contributed by atoms with E-state index < -0.39 is 13.9 Å². The molecule has 0 heterocycles. The van der Waals surface area contributed by atoms with Gasteiger partial charge in [0.25, 0.3) is 0 Å². The quantitative estimate of drug-likeness (QED) is 0.755. The summed E-state index contributed by atoms with van der Waals surface area (Å²) in [7, 11) is -1.86. The Labute approximate surface area is 96.8 Å². The molecule has 0 fully saturated rings. The first kappa shape index (κ1) is 12.9. The Balaban J connectivity index is 3.11. The lowest BCUT2D eigenvalue weighted by molar-refractivity contribution is 0.140. The fourth-order valence-electron chi connectivity index (χ4n) is 1.54. The molecule has 0 spiro atoms. The van der Waals surface area contributed by atoms with Crippen molar-refractivity contribution in [2.45, 2.75) is 32.2 Å². The summed E-state index contributed by atoms with van der Waals surface area (Å²) in [5.74, 6) is -0.349. The molecule has 0 saturated heterocycles. The summed E-state index contributed by atoms with van der Waals surface area (Å²) < 4.78 is 18.9. The van der Waals surface area contributed by atoms with E-state index in [1.54, 1.807) is 19.1 Å². The topological polar surface area (TPSA) is 33.0 Å². The van der Waals surface area contributed by atoms with Crippen molar-refractivity contribution in [1.82, 2.24) is 0 Å². The third-order valence-electron chi connectivity index (χ3n) is 2.10. The van der Waals surface area contributed by atoms with E-state index in [9.17, 15) is 9.65 Å². The molecule has 86 valence electrons. The Morgan fingerprint density at radius 2 is 2.00 bits per heavy atom. The molecule has 0 amide bonds. The van der Waals surface area contributed by atoms with E-state index in [4.69, 9.17) is 4.43 Å². The van der Waals surface area contributed by atoms with Crippen LogP contribution in [-0.2, 0) is 10.0 Å². The zero-order chi connectivity index (χ0) is 12.4. The van der Waals surface area contributed by atoms with Crippen molar-refractivity contribution in [2.24, 2.45) is 0 Å². The maximum absolute atomic E-state index is 13.1. The van der Waals surface area contributed by atoms with Gasteiger partial charge >= 0.3 is 0 Å². The van der Waals surface area contributed by atoms with Gasteiger partial charge in [0.2, 0.25) is 0 Å². The molecule has 2 nitrogen and oxygen atoms in total. The van der Waals surface area contributed by atoms with Gasteiger partial charge in [-0.2, -0.15) is 5.26 Å². The minimum atomic E-state index is -1.86. The Kier molecular flexibility index (Phi) is 3.51. The van der Waals surface area contributed by atoms with Gasteiger partial charge in [-0.05, 0) is 44.3 Å². The van der Waals surface area contributed by atoms with Crippen molar-refractivity contribution < 1.29 is 8.82 Å². The van der Waals surface area contributed by atoms with Crippen LogP contribution in [0.25, 0.3) is 0 Å². The fraction of sp³-hybridized carbons (Fsp3) is 0.417. The fourth-order valence-corrected chi connectivity index (χ4v) is 2.93. The van der Waals surface area contributed by atoms with Crippen molar-refractivity contribution in [3.05, 3.63) is 35.6 Å². The summed E-state index contributed by atoms with van der Waals surface area (Å²) in [5.41, 5.74) is -0.496. The predicted octanol–water partition coefficient (Wildman–Crippen LogP) is 3.42. The number of nitriles is 1. The zero-order valence-corrected chi connectivity index (χ0v) is 11.0. The van der Waals surface area contributed by atoms with Crippen molar-refractivity contribution in [3.8, 4) is 6.07 Å². The largest absolute Gasteiger partial charge is 0.397 e. The summed E-state index contributed by atoms with van der Waals surface area (Å²) in [6.07, 6.45) is 0. The third kappa shape index (κ3) is 3.16. The zero-order valence-electron chi connectivity index (χ0n) is 10.0. The Morgan fingerprint density at radius 1 is 1.38 bits per heavy atom. The molecular weight excluding hydrogens is 221 g/mol. The van der Waals surface area contributed by atoms with E-state index in [-0.39, 0.29) is 5.82 Å². The van der Waals surface area contributed by atoms with Gasteiger partial charge < -0.3 is 4.43 Å². The average Bonchev–Trinajstić information content (AvgIpc) is 2.15. The molecule has 0 N–H and O–H groups in total. The Hall–Kier alpha value is -1.18. The molecule has 4 heteroatoms. The summed E-state index contributed by atoms with van der Waals surface area (Å²) in [5, 5.41) is 9.22. The summed E-state index contributed by atoms with van der Waals surface area (Å²) in [6.45, 7) is 7.69. The molecule has 0 bridgehead atoms. The summed E-state index contributed by atoms with van der Waals surface area (Å²) in [4.78, 5) is 0. The van der Waals surface area contributed by atoms with Crippen molar-refractivity contribution >= 4 is 8.32 Å². The van der Waals surface area contributed by atoms with Gasteiger partial charge in [-0.25, -0.2) is 4.39 Å². The highest BCUT2D eigenvalue weighted by molar-refractivity contribution is 6.69. The van der Waals surface area contributed by atoms with Crippen molar-refractivity contribution in [3.63, 3.8) is 0 Å². The van der Waals surface area contributed by atoms with E-state index in [1.165, 1.54) is 12.1 Å². The van der Waals surface area contributed by atoms with Crippen LogP contribution in [0, 0.1) is 17.1 Å². The van der Waals surface area contributed by atoms with E-state index in [2.05, 4.69) is 6.07 Å². The lowest BCUT2D eigenvalue weighted by Gasteiger charge is -2.30. The van der Waals surface area contributed by atoms with Crippen LogP contribution in [0.5, 0.6) is 0 Å². The number of halogens is 1. The summed E-state index contributed by atoms with van der Waals surface area (Å²) in [6, 6.07) is 8.14. The van der Waals surface area contributed by atoms with Gasteiger partial charge in [0.1, 0.15) is 11.9 Å². The van der Waals surface area contributed by atoms with Crippen LogP contribution < -0.4 is 0 Å². The van der Waals surface area contributed by atoms with Gasteiger partial charge in [-0.15, -0.1) is 0 Å². The molecule has 1 unspecified atom stereocenters. The van der Waals surface area contributed by atoms with Crippen LogP contribution in [0.3, 0.4) is 0 Å². The van der Waals surface area contributed by atoms with E-state index in [0.29, 0.717) is 5.56 Å². The molecule has 0 aliphatic carbocycles. The van der Waals surface area contributed by atoms with Gasteiger partial charge in [0, 0.05) is 0 Å². The van der Waals surface area contributed by atoms with E-state index in [0.717, 1.165) is 0 Å². The molecule has 1 aromatic rings. The molecule has 0 saturated carbocycles. The van der Waals surface area contributed by atoms with Gasteiger partial charge in [-0.1, -0.05) is 12.1 Å². The van der Waals surface area contributed by atoms with Crippen LogP contribution in [0.4, 0.5) is 4.39 Å². The number of hydrogen-bond donors (Lipinski definition) is 0. The molecule has 1 aromatic carbocycles. The van der Waals surface area contributed by atoms with Crippen LogP contribution in [0.1, 0.15) is 12.5 Å². The second kappa shape index (κ2) is 4.36. The van der Waals surface area contributed by atoms with Crippen LogP contribution in [0.2, 0.25) is 19.6 Å². The monoisotopic (exact) mass is 237 g/mol. The van der Waals surface area contributed by atoms with Gasteiger partial charge in [0.15, 0.2) is 13.9 Å². The SMILES string of the molecule is CC(C#N)(O[Si](C)(C)C)c1cccc(F)c1. The maximum atomic E-state index is 13.1. The molecule has 0 radical (unpaired) electrons. The smallest absolute Gasteiger partial charge is 0.186 e. The normalized spacial score (nSPS) is 15.2. The number of nitrogens with zero attached hydrogens (tertiary/aromatic N) is 1. The lowest BCUT2D eigenvalue weighted by atomic mass is 9.98. The standard InChI is InChI=1S/C12H16FNOSi/c1-12(9-14,15-16(2,3)4)10-6-5-7-11(13)8-10/h5-8H,1-4H3. The van der Waals surface area contributed by atoms with Crippen molar-refractivity contribution in [2.75, 3.05) is 0 Å². The van der Waals surface area contributed by atoms with Crippen molar-refractivity contribution in [1.29, 1.82) is 5.26 Å². The highest BCUT2D eigenvalue weighted by atomic mass is 28.4. The average molecular weight is 237 g/mol. The van der Waals surface area contributed by atoms with Gasteiger partial charge in [0.05, 0.1) is 0 Å². The molecular formula is C12H16FNOSi. The Morgan fingerprint density at radius 3 is 2.44 bits per heavy atom. The molecule has 16 heavy (non-hydrogen) atoms. The minimum absolute atomic E-state index is 0.349. The van der Waals surface area contributed by atoms with E-state index >= 15 is 0 Å². The molecule has 0 aliphatic heterocycles. The second-order valence-electron chi connectivity index (χ2n) is 4.87. The minimum Gasteiger partial charge on any atom is -0.397 e. The third-order valence-corrected chi connectivity index (χ3v) is 3.12. The lowest BCUT2D eigenvalue weighted by Crippen LogP contribution is -2.37. The predicted molar refractivity (Wildman–Crippen MR) is 63.8 cm³/mol. The molecule has 0 aromatic heterocycles. The highest BCUT2D eigenvalue weighted by Crippen LogP contribution is 2.28. The maximum Gasteiger partial charge on any atom is 0.186 e. The van der Waals surface area contributed by atoms with E-state index in [1.807, 2.05) is 19.6 Å². The van der Waals surface area contributed by atoms with Crippen LogP contribution in [0.15, 0.2) is 24.3 Å². The molecule has 0 aliphatic rings. The number of rotatable bonds is 3. The van der Waals surface area contributed by atoms with Crippen LogP contribution in [-0.4, -0.2) is 8.32 Å². The second-order valence-corrected chi connectivity index (χ2v) is 9.30. The highest BCUT2D eigenvalue weighted by Gasteiger charge is 2.33. The number of hydrogen-bond acceptors (Lipinski definition) is 2. The van der Waals surface area contributed by atoms with Gasteiger partial charge in [-0.3, -0.25) is 0 Å².